The Hall–Kier alpha value is -0.870. The van der Waals surface area contributed by atoms with Crippen LogP contribution >= 0.6 is 0 Å². The summed E-state index contributed by atoms with van der Waals surface area (Å²) < 4.78 is 5.72. The van der Waals surface area contributed by atoms with E-state index in [-0.39, 0.29) is 0 Å². The first kappa shape index (κ1) is 14.5. The van der Waals surface area contributed by atoms with Crippen molar-refractivity contribution >= 4 is 0 Å². The van der Waals surface area contributed by atoms with Gasteiger partial charge in [-0.1, -0.05) is 19.8 Å². The molecule has 4 nitrogen and oxygen atoms in total. The molecule has 0 radical (unpaired) electrons. The van der Waals surface area contributed by atoms with Gasteiger partial charge in [-0.25, -0.2) is 4.98 Å². The van der Waals surface area contributed by atoms with Crippen molar-refractivity contribution in [3.8, 4) is 0 Å². The molecule has 0 aromatic carbocycles. The van der Waals surface area contributed by atoms with Crippen molar-refractivity contribution < 1.29 is 4.42 Å². The van der Waals surface area contributed by atoms with Crippen LogP contribution in [-0.4, -0.2) is 29.0 Å². The molecule has 1 aromatic heterocycles. The molecule has 2 rings (SSSR count). The van der Waals surface area contributed by atoms with Gasteiger partial charge in [-0.15, -0.1) is 0 Å². The molecule has 1 aromatic rings. The molecule has 4 heteroatoms. The topological polar surface area (TPSA) is 55.3 Å². The largest absolute Gasteiger partial charge is 0.444 e. The molecule has 0 amide bonds. The molecule has 1 aliphatic carbocycles. The third-order valence-electron chi connectivity index (χ3n) is 4.46. The van der Waals surface area contributed by atoms with E-state index < -0.39 is 0 Å². The lowest BCUT2D eigenvalue weighted by atomic mass is 9.83. The van der Waals surface area contributed by atoms with Crippen LogP contribution < -0.4 is 5.73 Å². The first-order valence-electron chi connectivity index (χ1n) is 7.52. The highest BCUT2D eigenvalue weighted by molar-refractivity contribution is 5.05. The minimum Gasteiger partial charge on any atom is -0.444 e. The Morgan fingerprint density at radius 2 is 2.05 bits per heavy atom. The van der Waals surface area contributed by atoms with E-state index in [2.05, 4.69) is 16.8 Å². The summed E-state index contributed by atoms with van der Waals surface area (Å²) in [4.78, 5) is 6.99. The Morgan fingerprint density at radius 3 is 2.63 bits per heavy atom. The van der Waals surface area contributed by atoms with Gasteiger partial charge in [0.2, 0.25) is 5.89 Å². The Balaban J connectivity index is 2.06. The summed E-state index contributed by atoms with van der Waals surface area (Å²) >= 11 is 0. The zero-order valence-corrected chi connectivity index (χ0v) is 12.5. The van der Waals surface area contributed by atoms with Gasteiger partial charge < -0.3 is 10.2 Å². The van der Waals surface area contributed by atoms with Gasteiger partial charge in [0.25, 0.3) is 0 Å². The number of nitrogens with zero attached hydrogens (tertiary/aromatic N) is 2. The van der Waals surface area contributed by atoms with E-state index in [0.29, 0.717) is 12.0 Å². The predicted molar refractivity (Wildman–Crippen MR) is 76.9 cm³/mol. The van der Waals surface area contributed by atoms with Crippen LogP contribution in [0.15, 0.2) is 4.42 Å². The van der Waals surface area contributed by atoms with Crippen molar-refractivity contribution in [2.24, 2.45) is 11.7 Å². The van der Waals surface area contributed by atoms with Crippen molar-refractivity contribution in [3.05, 3.63) is 17.3 Å². The SMILES string of the molecule is CCN(Cc1nc(C)c(C)o1)C1CCCCC1CN. The van der Waals surface area contributed by atoms with Crippen LogP contribution in [0.3, 0.4) is 0 Å². The number of oxazole rings is 1. The lowest BCUT2D eigenvalue weighted by Crippen LogP contribution is -2.44. The fourth-order valence-corrected chi connectivity index (χ4v) is 3.19. The second-order valence-corrected chi connectivity index (χ2v) is 5.66. The summed E-state index contributed by atoms with van der Waals surface area (Å²) in [5.74, 6) is 2.41. The Bertz CT molecular complexity index is 383. The third kappa shape index (κ3) is 3.37. The number of hydrogen-bond acceptors (Lipinski definition) is 4. The van der Waals surface area contributed by atoms with Crippen molar-refractivity contribution in [2.75, 3.05) is 13.1 Å². The van der Waals surface area contributed by atoms with E-state index >= 15 is 0 Å². The van der Waals surface area contributed by atoms with Crippen molar-refractivity contribution in [1.29, 1.82) is 0 Å². The third-order valence-corrected chi connectivity index (χ3v) is 4.46. The molecular formula is C15H27N3O. The molecule has 1 fully saturated rings. The van der Waals surface area contributed by atoms with Crippen molar-refractivity contribution in [2.45, 2.75) is 59.0 Å². The van der Waals surface area contributed by atoms with Gasteiger partial charge in [-0.3, -0.25) is 4.90 Å². The predicted octanol–water partition coefficient (Wildman–Crippen LogP) is 2.63. The Morgan fingerprint density at radius 1 is 1.32 bits per heavy atom. The average molecular weight is 265 g/mol. The maximum absolute atomic E-state index is 5.94. The summed E-state index contributed by atoms with van der Waals surface area (Å²) in [6.45, 7) is 8.83. The number of hydrogen-bond donors (Lipinski definition) is 1. The van der Waals surface area contributed by atoms with Crippen molar-refractivity contribution in [1.82, 2.24) is 9.88 Å². The van der Waals surface area contributed by atoms with E-state index in [1.807, 2.05) is 13.8 Å². The monoisotopic (exact) mass is 265 g/mol. The minimum absolute atomic E-state index is 0.594. The number of aryl methyl sites for hydroxylation is 2. The van der Waals surface area contributed by atoms with E-state index in [1.54, 1.807) is 0 Å². The smallest absolute Gasteiger partial charge is 0.208 e. The molecule has 1 aliphatic rings. The zero-order valence-electron chi connectivity index (χ0n) is 12.5. The summed E-state index contributed by atoms with van der Waals surface area (Å²) in [6.07, 6.45) is 5.17. The van der Waals surface area contributed by atoms with Gasteiger partial charge in [0.1, 0.15) is 5.76 Å². The highest BCUT2D eigenvalue weighted by Gasteiger charge is 2.29. The summed E-state index contributed by atoms with van der Waals surface area (Å²) in [6, 6.07) is 0.594. The molecule has 2 N–H and O–H groups in total. The van der Waals surface area contributed by atoms with Gasteiger partial charge in [0, 0.05) is 6.04 Å². The van der Waals surface area contributed by atoms with Crippen LogP contribution in [-0.2, 0) is 6.54 Å². The average Bonchev–Trinajstić information content (AvgIpc) is 2.75. The first-order valence-corrected chi connectivity index (χ1v) is 7.52. The van der Waals surface area contributed by atoms with E-state index in [9.17, 15) is 0 Å². The van der Waals surface area contributed by atoms with Crippen molar-refractivity contribution in [3.63, 3.8) is 0 Å². The summed E-state index contributed by atoms with van der Waals surface area (Å²) in [7, 11) is 0. The Labute approximate surface area is 116 Å². The number of aromatic nitrogens is 1. The van der Waals surface area contributed by atoms with Crippen LogP contribution in [0.2, 0.25) is 0 Å². The van der Waals surface area contributed by atoms with Crippen LogP contribution in [0.5, 0.6) is 0 Å². The van der Waals surface area contributed by atoms with Crippen LogP contribution in [0, 0.1) is 19.8 Å². The van der Waals surface area contributed by atoms with Crippen LogP contribution in [0.25, 0.3) is 0 Å². The molecular weight excluding hydrogens is 238 g/mol. The zero-order chi connectivity index (χ0) is 13.8. The fraction of sp³-hybridized carbons (Fsp3) is 0.800. The number of rotatable bonds is 5. The fourth-order valence-electron chi connectivity index (χ4n) is 3.19. The van der Waals surface area contributed by atoms with Gasteiger partial charge in [-0.2, -0.15) is 0 Å². The van der Waals surface area contributed by atoms with Gasteiger partial charge in [0.15, 0.2) is 0 Å². The molecule has 0 saturated heterocycles. The molecule has 1 heterocycles. The van der Waals surface area contributed by atoms with Crippen LogP contribution in [0.4, 0.5) is 0 Å². The van der Waals surface area contributed by atoms with Gasteiger partial charge >= 0.3 is 0 Å². The molecule has 108 valence electrons. The summed E-state index contributed by atoms with van der Waals surface area (Å²) in [5.41, 5.74) is 6.95. The molecule has 2 atom stereocenters. The lowest BCUT2D eigenvalue weighted by molar-refractivity contribution is 0.0963. The molecule has 1 saturated carbocycles. The maximum atomic E-state index is 5.94. The first-order chi connectivity index (χ1) is 9.15. The second-order valence-electron chi connectivity index (χ2n) is 5.66. The van der Waals surface area contributed by atoms with E-state index in [4.69, 9.17) is 10.2 Å². The van der Waals surface area contributed by atoms with E-state index in [1.165, 1.54) is 25.7 Å². The van der Waals surface area contributed by atoms with Gasteiger partial charge in [-0.05, 0) is 45.7 Å². The number of nitrogens with two attached hydrogens (primary N) is 1. The van der Waals surface area contributed by atoms with Gasteiger partial charge in [0.05, 0.1) is 12.2 Å². The summed E-state index contributed by atoms with van der Waals surface area (Å²) in [5, 5.41) is 0. The Kier molecular flexibility index (Phi) is 4.99. The van der Waals surface area contributed by atoms with E-state index in [0.717, 1.165) is 37.0 Å². The molecule has 2 unspecified atom stereocenters. The lowest BCUT2D eigenvalue weighted by Gasteiger charge is -2.38. The molecule has 19 heavy (non-hydrogen) atoms. The molecule has 0 spiro atoms. The second kappa shape index (κ2) is 6.53. The molecule has 0 bridgehead atoms. The maximum Gasteiger partial charge on any atom is 0.208 e. The normalized spacial score (nSPS) is 24.1. The standard InChI is InChI=1S/C15H27N3O/c1-4-18(10-15-17-11(2)12(3)19-15)14-8-6-5-7-13(14)9-16/h13-14H,4-10,16H2,1-3H3. The highest BCUT2D eigenvalue weighted by Crippen LogP contribution is 2.28. The highest BCUT2D eigenvalue weighted by atomic mass is 16.4. The molecule has 0 aliphatic heterocycles. The minimum atomic E-state index is 0.594. The van der Waals surface area contributed by atoms with Crippen LogP contribution in [0.1, 0.15) is 50.0 Å². The quantitative estimate of drug-likeness (QED) is 0.889.